The maximum atomic E-state index is 13.5. The van der Waals surface area contributed by atoms with Gasteiger partial charge in [0.2, 0.25) is 21.8 Å². The van der Waals surface area contributed by atoms with Gasteiger partial charge in [-0.2, -0.15) is 0 Å². The van der Waals surface area contributed by atoms with Crippen molar-refractivity contribution >= 4 is 33.2 Å². The lowest BCUT2D eigenvalue weighted by Gasteiger charge is -2.32. The minimum atomic E-state index is -3.97. The van der Waals surface area contributed by atoms with Gasteiger partial charge in [-0.25, -0.2) is 8.42 Å². The first kappa shape index (κ1) is 27.8. The smallest absolute Gasteiger partial charge is 0.271 e. The second-order valence-corrected chi connectivity index (χ2v) is 10.5. The number of nitro groups is 1. The summed E-state index contributed by atoms with van der Waals surface area (Å²) in [6.07, 6.45) is 1.63. The number of carbonyl (C=O) groups is 2. The van der Waals surface area contributed by atoms with Crippen molar-refractivity contribution in [3.8, 4) is 0 Å². The van der Waals surface area contributed by atoms with E-state index in [0.717, 1.165) is 27.8 Å². The molecule has 11 heteroatoms. The van der Waals surface area contributed by atoms with Crippen molar-refractivity contribution in [2.45, 2.75) is 52.7 Å². The monoisotopic (exact) mass is 504 g/mol. The van der Waals surface area contributed by atoms with Crippen LogP contribution in [-0.2, 0) is 26.2 Å². The Kier molecular flexibility index (Phi) is 9.35. The van der Waals surface area contributed by atoms with Crippen molar-refractivity contribution in [2.75, 3.05) is 17.1 Å². The lowest BCUT2D eigenvalue weighted by atomic mass is 10.1. The quantitative estimate of drug-likeness (QED) is 0.370. The molecule has 2 atom stereocenters. The maximum Gasteiger partial charge on any atom is 0.271 e. The van der Waals surface area contributed by atoms with Crippen LogP contribution in [0.1, 0.15) is 38.3 Å². The fourth-order valence-electron chi connectivity index (χ4n) is 3.31. The van der Waals surface area contributed by atoms with E-state index in [4.69, 9.17) is 0 Å². The number of nitrogens with zero attached hydrogens (tertiary/aromatic N) is 3. The topological polar surface area (TPSA) is 130 Å². The molecule has 0 aliphatic carbocycles. The van der Waals surface area contributed by atoms with Gasteiger partial charge < -0.3 is 10.2 Å². The summed E-state index contributed by atoms with van der Waals surface area (Å²) in [5, 5.41) is 14.0. The SMILES string of the molecule is CC[C@@H](C)NC(=O)[C@@H](C)N(Cc1ccc(C)cc1)C(=O)CN(c1cccc([N+](=O)[O-])c1)S(C)(=O)=O. The molecule has 2 rings (SSSR count). The molecule has 0 fully saturated rings. The standard InChI is InChI=1S/C24H32N4O6S/c1-6-18(3)25-24(30)19(4)26(15-20-12-10-17(2)11-13-20)23(29)16-27(35(5,33)34)21-8-7-9-22(14-21)28(31)32/h7-14,18-19H,6,15-16H2,1-5H3,(H,25,30)/t18-,19-/m1/s1. The fraction of sp³-hybridized carbons (Fsp3) is 0.417. The molecular formula is C24H32N4O6S. The molecule has 0 saturated heterocycles. The van der Waals surface area contributed by atoms with Crippen LogP contribution in [-0.4, -0.2) is 54.9 Å². The number of sulfonamides is 1. The van der Waals surface area contributed by atoms with E-state index in [1.54, 1.807) is 6.92 Å². The Bertz CT molecular complexity index is 1170. The number of benzene rings is 2. The van der Waals surface area contributed by atoms with E-state index < -0.39 is 33.4 Å². The minimum Gasteiger partial charge on any atom is -0.352 e. The van der Waals surface area contributed by atoms with Crippen LogP contribution in [0.3, 0.4) is 0 Å². The molecule has 2 amide bonds. The van der Waals surface area contributed by atoms with Crippen LogP contribution in [0.4, 0.5) is 11.4 Å². The molecular weight excluding hydrogens is 472 g/mol. The Balaban J connectivity index is 2.41. The molecule has 0 spiro atoms. The summed E-state index contributed by atoms with van der Waals surface area (Å²) in [6, 6.07) is 11.5. The number of amides is 2. The number of non-ortho nitro benzene ring substituents is 1. The van der Waals surface area contributed by atoms with Crippen LogP contribution < -0.4 is 9.62 Å². The van der Waals surface area contributed by atoms with Crippen molar-refractivity contribution in [1.29, 1.82) is 0 Å². The number of hydrogen-bond donors (Lipinski definition) is 1. The third-order valence-electron chi connectivity index (χ3n) is 5.65. The minimum absolute atomic E-state index is 0.0120. The summed E-state index contributed by atoms with van der Waals surface area (Å²) < 4.78 is 25.9. The second kappa shape index (κ2) is 11.8. The molecule has 0 radical (unpaired) electrons. The number of rotatable bonds is 11. The highest BCUT2D eigenvalue weighted by atomic mass is 32.2. The van der Waals surface area contributed by atoms with E-state index in [1.165, 1.54) is 23.1 Å². The highest BCUT2D eigenvalue weighted by Crippen LogP contribution is 2.24. The van der Waals surface area contributed by atoms with Crippen molar-refractivity contribution < 1.29 is 22.9 Å². The largest absolute Gasteiger partial charge is 0.352 e. The van der Waals surface area contributed by atoms with Crippen LogP contribution in [0.2, 0.25) is 0 Å². The molecule has 2 aromatic rings. The molecule has 0 saturated carbocycles. The van der Waals surface area contributed by atoms with Crippen LogP contribution in [0.5, 0.6) is 0 Å². The second-order valence-electron chi connectivity index (χ2n) is 8.55. The van der Waals surface area contributed by atoms with Crippen molar-refractivity contribution in [2.24, 2.45) is 0 Å². The Morgan fingerprint density at radius 3 is 2.29 bits per heavy atom. The molecule has 0 aliphatic heterocycles. The highest BCUT2D eigenvalue weighted by Gasteiger charge is 2.30. The molecule has 1 N–H and O–H groups in total. The number of carbonyl (C=O) groups excluding carboxylic acids is 2. The Morgan fingerprint density at radius 1 is 1.11 bits per heavy atom. The zero-order valence-corrected chi connectivity index (χ0v) is 21.4. The molecule has 0 heterocycles. The summed E-state index contributed by atoms with van der Waals surface area (Å²) in [5.74, 6) is -0.977. The van der Waals surface area contributed by atoms with Gasteiger partial charge in [0.15, 0.2) is 0 Å². The number of hydrogen-bond acceptors (Lipinski definition) is 6. The normalized spacial score (nSPS) is 12.9. The van der Waals surface area contributed by atoms with E-state index in [1.807, 2.05) is 45.0 Å². The zero-order valence-electron chi connectivity index (χ0n) is 20.6. The predicted molar refractivity (Wildman–Crippen MR) is 134 cm³/mol. The molecule has 0 unspecified atom stereocenters. The van der Waals surface area contributed by atoms with Crippen molar-refractivity contribution in [3.05, 3.63) is 69.8 Å². The predicted octanol–water partition coefficient (Wildman–Crippen LogP) is 3.00. The van der Waals surface area contributed by atoms with E-state index in [0.29, 0.717) is 6.42 Å². The molecule has 0 aliphatic rings. The van der Waals surface area contributed by atoms with Gasteiger partial charge in [0, 0.05) is 24.7 Å². The first-order valence-corrected chi connectivity index (χ1v) is 13.1. The Labute approximate surface area is 206 Å². The number of anilines is 1. The first-order valence-electron chi connectivity index (χ1n) is 11.2. The first-order chi connectivity index (χ1) is 16.3. The van der Waals surface area contributed by atoms with Gasteiger partial charge in [-0.3, -0.25) is 24.0 Å². The van der Waals surface area contributed by atoms with Gasteiger partial charge in [0.25, 0.3) is 5.69 Å². The molecule has 2 aromatic carbocycles. The number of nitrogens with one attached hydrogen (secondary N) is 1. The van der Waals surface area contributed by atoms with Crippen molar-refractivity contribution in [1.82, 2.24) is 10.2 Å². The fourth-order valence-corrected chi connectivity index (χ4v) is 4.16. The summed E-state index contributed by atoms with van der Waals surface area (Å²) in [7, 11) is -3.97. The summed E-state index contributed by atoms with van der Waals surface area (Å²) in [4.78, 5) is 38.2. The summed E-state index contributed by atoms with van der Waals surface area (Å²) in [6.45, 7) is 6.76. The van der Waals surface area contributed by atoms with Crippen LogP contribution in [0, 0.1) is 17.0 Å². The molecule has 190 valence electrons. The number of nitro benzene ring substituents is 1. The molecule has 0 aromatic heterocycles. The summed E-state index contributed by atoms with van der Waals surface area (Å²) in [5.41, 5.74) is 1.49. The average Bonchev–Trinajstić information content (AvgIpc) is 2.80. The van der Waals surface area contributed by atoms with Gasteiger partial charge in [0.1, 0.15) is 12.6 Å². The lowest BCUT2D eigenvalue weighted by Crippen LogP contribution is -2.52. The Morgan fingerprint density at radius 2 is 1.74 bits per heavy atom. The van der Waals surface area contributed by atoms with Gasteiger partial charge >= 0.3 is 0 Å². The molecule has 35 heavy (non-hydrogen) atoms. The third-order valence-corrected chi connectivity index (χ3v) is 6.79. The van der Waals surface area contributed by atoms with Gasteiger partial charge in [-0.05, 0) is 38.8 Å². The summed E-state index contributed by atoms with van der Waals surface area (Å²) >= 11 is 0. The van der Waals surface area contributed by atoms with Crippen LogP contribution >= 0.6 is 0 Å². The maximum absolute atomic E-state index is 13.5. The molecule has 10 nitrogen and oxygen atoms in total. The van der Waals surface area contributed by atoms with E-state index in [-0.39, 0.29) is 29.9 Å². The number of aryl methyl sites for hydroxylation is 1. The van der Waals surface area contributed by atoms with Crippen molar-refractivity contribution in [3.63, 3.8) is 0 Å². The van der Waals surface area contributed by atoms with E-state index in [9.17, 15) is 28.1 Å². The van der Waals surface area contributed by atoms with Gasteiger partial charge in [-0.1, -0.05) is 42.8 Å². The third kappa shape index (κ3) is 7.78. The van der Waals surface area contributed by atoms with Gasteiger partial charge in [-0.15, -0.1) is 0 Å². The zero-order chi connectivity index (χ0) is 26.3. The average molecular weight is 505 g/mol. The van der Waals surface area contributed by atoms with E-state index in [2.05, 4.69) is 5.32 Å². The van der Waals surface area contributed by atoms with Crippen LogP contribution in [0.25, 0.3) is 0 Å². The van der Waals surface area contributed by atoms with Crippen LogP contribution in [0.15, 0.2) is 48.5 Å². The van der Waals surface area contributed by atoms with Gasteiger partial charge in [0.05, 0.1) is 16.9 Å². The lowest BCUT2D eigenvalue weighted by molar-refractivity contribution is -0.384. The highest BCUT2D eigenvalue weighted by molar-refractivity contribution is 7.92. The van der Waals surface area contributed by atoms with E-state index >= 15 is 0 Å². The Hall–Kier alpha value is -3.47. The molecule has 0 bridgehead atoms.